The molecular weight excluding hydrogens is 326 g/mol. The van der Waals surface area contributed by atoms with Gasteiger partial charge in [0.1, 0.15) is 5.75 Å². The number of nitrogens with zero attached hydrogens (tertiary/aromatic N) is 2. The molecule has 5 nitrogen and oxygen atoms in total. The third-order valence-corrected chi connectivity index (χ3v) is 5.27. The molecule has 3 rings (SSSR count). The summed E-state index contributed by atoms with van der Waals surface area (Å²) >= 11 is 0. The van der Waals surface area contributed by atoms with Crippen LogP contribution in [-0.4, -0.2) is 21.0 Å². The zero-order chi connectivity index (χ0) is 18.5. The van der Waals surface area contributed by atoms with E-state index in [0.29, 0.717) is 11.7 Å². The second kappa shape index (κ2) is 8.30. The van der Waals surface area contributed by atoms with Crippen LogP contribution in [0.15, 0.2) is 30.5 Å². The van der Waals surface area contributed by atoms with E-state index in [-0.39, 0.29) is 17.6 Å². The summed E-state index contributed by atoms with van der Waals surface area (Å²) in [6.07, 6.45) is 8.29. The Morgan fingerprint density at radius 3 is 2.62 bits per heavy atom. The van der Waals surface area contributed by atoms with Gasteiger partial charge in [0.2, 0.25) is 5.91 Å². The number of amides is 1. The van der Waals surface area contributed by atoms with Crippen molar-refractivity contribution in [2.24, 2.45) is 11.8 Å². The average molecular weight is 353 g/mol. The van der Waals surface area contributed by atoms with Crippen molar-refractivity contribution in [3.05, 3.63) is 36.2 Å². The summed E-state index contributed by atoms with van der Waals surface area (Å²) in [6.45, 7) is 3.92. The minimum absolute atomic E-state index is 0.00754. The summed E-state index contributed by atoms with van der Waals surface area (Å²) in [6, 6.07) is 6.95. The first-order chi connectivity index (χ1) is 12.6. The van der Waals surface area contributed by atoms with Crippen molar-refractivity contribution < 1.29 is 9.90 Å². The van der Waals surface area contributed by atoms with Crippen molar-refractivity contribution >= 4 is 11.7 Å². The molecule has 1 aliphatic rings. The maximum atomic E-state index is 12.3. The number of hydrogen-bond donors (Lipinski definition) is 2. The molecule has 2 N–H and O–H groups in total. The molecule has 0 bridgehead atoms. The summed E-state index contributed by atoms with van der Waals surface area (Å²) in [4.78, 5) is 21.7. The van der Waals surface area contributed by atoms with Gasteiger partial charge in [-0.3, -0.25) is 4.79 Å². The molecule has 26 heavy (non-hydrogen) atoms. The fourth-order valence-electron chi connectivity index (χ4n) is 3.36. The highest BCUT2D eigenvalue weighted by atomic mass is 16.3. The summed E-state index contributed by atoms with van der Waals surface area (Å²) in [5.41, 5.74) is 2.53. The predicted molar refractivity (Wildman–Crippen MR) is 103 cm³/mol. The maximum absolute atomic E-state index is 12.3. The number of anilines is 1. The molecule has 1 unspecified atom stereocenters. The van der Waals surface area contributed by atoms with Crippen LogP contribution >= 0.6 is 0 Å². The number of carbonyl (C=O) groups excluding carboxylic acids is 1. The number of rotatable bonds is 6. The molecule has 0 radical (unpaired) electrons. The van der Waals surface area contributed by atoms with Crippen molar-refractivity contribution in [1.82, 2.24) is 9.97 Å². The van der Waals surface area contributed by atoms with Crippen LogP contribution in [0.1, 0.15) is 51.6 Å². The molecule has 138 valence electrons. The zero-order valence-electron chi connectivity index (χ0n) is 15.5. The van der Waals surface area contributed by atoms with Crippen molar-refractivity contribution in [2.75, 3.05) is 5.32 Å². The molecule has 1 aromatic carbocycles. The molecule has 0 aliphatic heterocycles. The zero-order valence-corrected chi connectivity index (χ0v) is 15.5. The van der Waals surface area contributed by atoms with Crippen LogP contribution in [0.3, 0.4) is 0 Å². The molecule has 1 heterocycles. The van der Waals surface area contributed by atoms with Gasteiger partial charge in [-0.1, -0.05) is 39.5 Å². The molecular formula is C21H27N3O2. The fourth-order valence-corrected chi connectivity index (χ4v) is 3.36. The topological polar surface area (TPSA) is 75.1 Å². The summed E-state index contributed by atoms with van der Waals surface area (Å²) in [5, 5.41) is 12.5. The van der Waals surface area contributed by atoms with Crippen molar-refractivity contribution in [3.8, 4) is 17.0 Å². The van der Waals surface area contributed by atoms with E-state index in [4.69, 9.17) is 4.98 Å². The van der Waals surface area contributed by atoms with E-state index in [1.165, 1.54) is 25.7 Å². The Hall–Kier alpha value is -2.43. The highest BCUT2D eigenvalue weighted by molar-refractivity contribution is 5.91. The Kier molecular flexibility index (Phi) is 5.86. The van der Waals surface area contributed by atoms with Crippen molar-refractivity contribution in [1.29, 1.82) is 0 Å². The summed E-state index contributed by atoms with van der Waals surface area (Å²) < 4.78 is 0. The van der Waals surface area contributed by atoms with E-state index in [1.807, 2.05) is 26.0 Å². The molecule has 5 heteroatoms. The van der Waals surface area contributed by atoms with Gasteiger partial charge < -0.3 is 10.4 Å². The van der Waals surface area contributed by atoms with Crippen LogP contribution in [0.25, 0.3) is 11.3 Å². The number of carbonyl (C=O) groups is 1. The highest BCUT2D eigenvalue weighted by Gasteiger charge is 2.21. The third-order valence-electron chi connectivity index (χ3n) is 5.27. The van der Waals surface area contributed by atoms with Gasteiger partial charge in [-0.05, 0) is 43.0 Å². The largest absolute Gasteiger partial charge is 0.508 e. The highest BCUT2D eigenvalue weighted by Crippen LogP contribution is 2.30. The van der Waals surface area contributed by atoms with Crippen LogP contribution < -0.4 is 5.32 Å². The van der Waals surface area contributed by atoms with Crippen LogP contribution in [0.2, 0.25) is 0 Å². The van der Waals surface area contributed by atoms with E-state index < -0.39 is 0 Å². The van der Waals surface area contributed by atoms with Gasteiger partial charge in [0.05, 0.1) is 17.6 Å². The molecule has 1 aromatic heterocycles. The number of phenols is 1. The van der Waals surface area contributed by atoms with Crippen LogP contribution in [0.5, 0.6) is 5.75 Å². The maximum Gasteiger partial charge on any atom is 0.228 e. The van der Waals surface area contributed by atoms with E-state index in [0.717, 1.165) is 29.8 Å². The number of nitrogens with one attached hydrogen (secondary N) is 1. The molecule has 1 atom stereocenters. The Balaban J connectivity index is 1.89. The molecule has 1 saturated carbocycles. The first-order valence-electron chi connectivity index (χ1n) is 9.53. The van der Waals surface area contributed by atoms with Crippen molar-refractivity contribution in [2.45, 2.75) is 52.4 Å². The average Bonchev–Trinajstić information content (AvgIpc) is 3.16. The first-order valence-corrected chi connectivity index (χ1v) is 9.53. The van der Waals surface area contributed by atoms with Gasteiger partial charge in [0.15, 0.2) is 5.82 Å². The Morgan fingerprint density at radius 1 is 1.27 bits per heavy atom. The van der Waals surface area contributed by atoms with Crippen molar-refractivity contribution in [3.63, 3.8) is 0 Å². The summed E-state index contributed by atoms with van der Waals surface area (Å²) in [5.74, 6) is 1.37. The quantitative estimate of drug-likeness (QED) is 0.798. The molecule has 1 fully saturated rings. The first kappa shape index (κ1) is 18.4. The van der Waals surface area contributed by atoms with E-state index >= 15 is 0 Å². The van der Waals surface area contributed by atoms with Crippen LogP contribution in [0.4, 0.5) is 5.82 Å². The minimum Gasteiger partial charge on any atom is -0.508 e. The number of aromatic hydroxyl groups is 1. The summed E-state index contributed by atoms with van der Waals surface area (Å²) in [7, 11) is 0. The van der Waals surface area contributed by atoms with Gasteiger partial charge in [-0.25, -0.2) is 9.97 Å². The number of aromatic nitrogens is 2. The predicted octanol–water partition coefficient (Wildman–Crippen LogP) is 4.57. The Bertz CT molecular complexity index is 752. The Labute approximate surface area is 154 Å². The van der Waals surface area contributed by atoms with E-state index in [9.17, 15) is 9.90 Å². The van der Waals surface area contributed by atoms with Gasteiger partial charge in [-0.15, -0.1) is 0 Å². The second-order valence-electron chi connectivity index (χ2n) is 7.25. The molecule has 2 aromatic rings. The van der Waals surface area contributed by atoms with Gasteiger partial charge >= 0.3 is 0 Å². The lowest BCUT2D eigenvalue weighted by Gasteiger charge is -2.16. The lowest BCUT2D eigenvalue weighted by atomic mass is 10.0. The minimum atomic E-state index is -0.0482. The normalized spacial score (nSPS) is 15.8. The Morgan fingerprint density at radius 2 is 1.96 bits per heavy atom. The van der Waals surface area contributed by atoms with Crippen LogP contribution in [0, 0.1) is 11.8 Å². The SMILES string of the molecule is CCC(C)C(=O)Nc1ncc(-c2ccc(O)cc2)nc1CC1CCCC1. The van der Waals surface area contributed by atoms with Gasteiger partial charge in [-0.2, -0.15) is 0 Å². The lowest BCUT2D eigenvalue weighted by molar-refractivity contribution is -0.119. The third kappa shape index (κ3) is 4.40. The fraction of sp³-hybridized carbons (Fsp3) is 0.476. The lowest BCUT2D eigenvalue weighted by Crippen LogP contribution is -2.22. The molecule has 0 spiro atoms. The van der Waals surface area contributed by atoms with E-state index in [2.05, 4.69) is 10.3 Å². The smallest absolute Gasteiger partial charge is 0.228 e. The number of benzene rings is 1. The van der Waals surface area contributed by atoms with E-state index in [1.54, 1.807) is 18.3 Å². The second-order valence-corrected chi connectivity index (χ2v) is 7.25. The van der Waals surface area contributed by atoms with Crippen LogP contribution in [-0.2, 0) is 11.2 Å². The molecule has 1 amide bonds. The molecule has 0 saturated heterocycles. The number of hydrogen-bond acceptors (Lipinski definition) is 4. The molecule has 1 aliphatic carbocycles. The standard InChI is InChI=1S/C21H27N3O2/c1-3-14(2)21(26)24-20-18(12-15-6-4-5-7-15)23-19(13-22-20)16-8-10-17(25)11-9-16/h8-11,13-15,25H,3-7,12H2,1-2H3,(H,22,24,26). The number of phenolic OH excluding ortho intramolecular Hbond substituents is 1. The monoisotopic (exact) mass is 353 g/mol. The van der Waals surface area contributed by atoms with Gasteiger partial charge in [0, 0.05) is 11.5 Å². The van der Waals surface area contributed by atoms with Gasteiger partial charge in [0.25, 0.3) is 0 Å².